The van der Waals surface area contributed by atoms with Crippen LogP contribution in [-0.4, -0.2) is 7.85 Å². The van der Waals surface area contributed by atoms with E-state index in [-0.39, 0.29) is 0 Å². The summed E-state index contributed by atoms with van der Waals surface area (Å²) in [5.41, 5.74) is 4.48. The molecule has 6 aromatic rings. The molecule has 0 fully saturated rings. The van der Waals surface area contributed by atoms with E-state index in [0.717, 1.165) is 33.3 Å². The molecule has 0 bridgehead atoms. The summed E-state index contributed by atoms with van der Waals surface area (Å²) in [6.45, 7) is 0. The Morgan fingerprint density at radius 3 is 2.06 bits per heavy atom. The maximum Gasteiger partial charge on any atom is 0.114 e. The Morgan fingerprint density at radius 1 is 0.625 bits per heavy atom. The van der Waals surface area contributed by atoms with Crippen molar-refractivity contribution in [1.82, 2.24) is 0 Å². The van der Waals surface area contributed by atoms with Gasteiger partial charge < -0.3 is 4.90 Å². The molecule has 6 aromatic carbocycles. The van der Waals surface area contributed by atoms with E-state index in [9.17, 15) is 5.26 Å². The highest BCUT2D eigenvalue weighted by molar-refractivity contribution is 6.42. The van der Waals surface area contributed by atoms with E-state index in [4.69, 9.17) is 7.85 Å². The van der Waals surface area contributed by atoms with Crippen molar-refractivity contribution in [2.24, 2.45) is 0 Å². The average Bonchev–Trinajstić information content (AvgIpc) is 2.85. The van der Waals surface area contributed by atoms with Gasteiger partial charge in [0, 0.05) is 16.8 Å². The first-order valence-corrected chi connectivity index (χ1v) is 10.6. The molecule has 0 N–H and O–H groups in total. The predicted octanol–water partition coefficient (Wildman–Crippen LogP) is 6.72. The van der Waals surface area contributed by atoms with Crippen molar-refractivity contribution in [3.05, 3.63) is 109 Å². The van der Waals surface area contributed by atoms with E-state index in [0.29, 0.717) is 5.56 Å². The minimum atomic E-state index is 0.633. The maximum absolute atomic E-state index is 9.49. The normalized spacial score (nSPS) is 11.2. The van der Waals surface area contributed by atoms with Gasteiger partial charge in [0.15, 0.2) is 0 Å². The molecular weight excluding hydrogens is 387 g/mol. The van der Waals surface area contributed by atoms with E-state index in [1.54, 1.807) is 0 Å². The fraction of sp³-hybridized carbons (Fsp3) is 0. The zero-order valence-corrected chi connectivity index (χ0v) is 17.3. The highest BCUT2D eigenvalue weighted by Crippen LogP contribution is 2.43. The molecule has 0 amide bonds. The third-order valence-corrected chi connectivity index (χ3v) is 6.16. The van der Waals surface area contributed by atoms with Gasteiger partial charge in [0.1, 0.15) is 7.85 Å². The van der Waals surface area contributed by atoms with Crippen LogP contribution in [0.4, 0.5) is 17.1 Å². The van der Waals surface area contributed by atoms with E-state index in [1.165, 1.54) is 21.5 Å². The summed E-state index contributed by atoms with van der Waals surface area (Å²) in [5, 5.41) is 16.5. The van der Waals surface area contributed by atoms with Gasteiger partial charge in [-0.2, -0.15) is 5.26 Å². The molecule has 146 valence electrons. The molecule has 0 aromatic heterocycles. The molecule has 0 spiro atoms. The second-order valence-electron chi connectivity index (χ2n) is 8.00. The van der Waals surface area contributed by atoms with Crippen LogP contribution in [0.5, 0.6) is 0 Å². The quantitative estimate of drug-likeness (QED) is 0.242. The van der Waals surface area contributed by atoms with Gasteiger partial charge in [-0.3, -0.25) is 0 Å². The zero-order chi connectivity index (χ0) is 21.7. The van der Waals surface area contributed by atoms with Crippen LogP contribution in [0, 0.1) is 11.3 Å². The van der Waals surface area contributed by atoms with E-state index < -0.39 is 0 Å². The summed E-state index contributed by atoms with van der Waals surface area (Å²) in [6.07, 6.45) is 0. The molecular formula is C29H17BN2. The Hall–Kier alpha value is -4.29. The molecule has 0 heterocycles. The minimum Gasteiger partial charge on any atom is -0.310 e. The molecule has 6 rings (SSSR count). The maximum atomic E-state index is 9.49. The number of benzene rings is 6. The third kappa shape index (κ3) is 2.74. The fourth-order valence-corrected chi connectivity index (χ4v) is 4.72. The summed E-state index contributed by atoms with van der Waals surface area (Å²) >= 11 is 0. The van der Waals surface area contributed by atoms with Gasteiger partial charge in [0.2, 0.25) is 0 Å². The number of anilines is 3. The largest absolute Gasteiger partial charge is 0.310 e. The third-order valence-electron chi connectivity index (χ3n) is 6.16. The van der Waals surface area contributed by atoms with Crippen LogP contribution in [0.2, 0.25) is 0 Å². The van der Waals surface area contributed by atoms with Crippen molar-refractivity contribution >= 4 is 62.7 Å². The van der Waals surface area contributed by atoms with Crippen molar-refractivity contribution in [3.8, 4) is 6.07 Å². The van der Waals surface area contributed by atoms with Crippen LogP contribution in [0.1, 0.15) is 5.56 Å². The lowest BCUT2D eigenvalue weighted by Gasteiger charge is -2.28. The van der Waals surface area contributed by atoms with Crippen LogP contribution in [-0.2, 0) is 0 Å². The fourth-order valence-electron chi connectivity index (χ4n) is 4.72. The minimum absolute atomic E-state index is 0.633. The smallest absolute Gasteiger partial charge is 0.114 e. The van der Waals surface area contributed by atoms with Gasteiger partial charge in [-0.25, -0.2) is 0 Å². The number of para-hydroxylation sites is 1. The van der Waals surface area contributed by atoms with E-state index in [1.807, 2.05) is 48.5 Å². The highest BCUT2D eigenvalue weighted by Gasteiger charge is 2.18. The summed E-state index contributed by atoms with van der Waals surface area (Å²) in [7, 11) is 6.34. The van der Waals surface area contributed by atoms with Crippen molar-refractivity contribution in [1.29, 1.82) is 5.26 Å². The average molecular weight is 404 g/mol. The van der Waals surface area contributed by atoms with Gasteiger partial charge in [0.25, 0.3) is 0 Å². The Bertz CT molecular complexity index is 1650. The van der Waals surface area contributed by atoms with E-state index in [2.05, 4.69) is 65.6 Å². The first-order chi connectivity index (χ1) is 15.7. The number of rotatable bonds is 3. The Kier molecular flexibility index (Phi) is 4.13. The number of nitriles is 1. The molecule has 2 radical (unpaired) electrons. The SMILES string of the molecule is [B]c1ccc2ccc3c(N(c4ccccc4)c4cccc(C#N)c4)ccc4ccc1c2c43. The Morgan fingerprint density at radius 2 is 1.28 bits per heavy atom. The first kappa shape index (κ1) is 18.5. The van der Waals surface area contributed by atoms with Gasteiger partial charge in [-0.15, -0.1) is 0 Å². The molecule has 0 saturated carbocycles. The van der Waals surface area contributed by atoms with Crippen molar-refractivity contribution in [2.75, 3.05) is 4.90 Å². The van der Waals surface area contributed by atoms with Crippen molar-refractivity contribution in [3.63, 3.8) is 0 Å². The van der Waals surface area contributed by atoms with Crippen LogP contribution in [0.3, 0.4) is 0 Å². The molecule has 0 aliphatic carbocycles. The second kappa shape index (κ2) is 7.15. The molecule has 3 heteroatoms. The molecule has 0 saturated heterocycles. The van der Waals surface area contributed by atoms with Crippen molar-refractivity contribution < 1.29 is 0 Å². The monoisotopic (exact) mass is 404 g/mol. The van der Waals surface area contributed by atoms with Crippen LogP contribution in [0.15, 0.2) is 103 Å². The lowest BCUT2D eigenvalue weighted by atomic mass is 9.85. The summed E-state index contributed by atoms with van der Waals surface area (Å²) < 4.78 is 0. The van der Waals surface area contributed by atoms with Crippen LogP contribution < -0.4 is 10.4 Å². The number of nitrogens with zero attached hydrogens (tertiary/aromatic N) is 2. The summed E-state index contributed by atoms with van der Waals surface area (Å²) in [6, 6.07) is 37.3. The van der Waals surface area contributed by atoms with Gasteiger partial charge in [-0.1, -0.05) is 72.2 Å². The lowest BCUT2D eigenvalue weighted by molar-refractivity contribution is 1.29. The Labute approximate surface area is 187 Å². The van der Waals surface area contributed by atoms with Crippen molar-refractivity contribution in [2.45, 2.75) is 0 Å². The Balaban J connectivity index is 1.72. The zero-order valence-electron chi connectivity index (χ0n) is 17.3. The summed E-state index contributed by atoms with van der Waals surface area (Å²) in [5.74, 6) is 0. The molecule has 0 unspecified atom stereocenters. The number of hydrogen-bond donors (Lipinski definition) is 0. The molecule has 2 nitrogen and oxygen atoms in total. The van der Waals surface area contributed by atoms with Crippen LogP contribution >= 0.6 is 0 Å². The highest BCUT2D eigenvalue weighted by atomic mass is 15.1. The van der Waals surface area contributed by atoms with Gasteiger partial charge >= 0.3 is 0 Å². The lowest BCUT2D eigenvalue weighted by Crippen LogP contribution is -2.11. The molecule has 0 aliphatic rings. The van der Waals surface area contributed by atoms with Crippen LogP contribution in [0.25, 0.3) is 32.3 Å². The molecule has 0 aliphatic heterocycles. The molecule has 32 heavy (non-hydrogen) atoms. The van der Waals surface area contributed by atoms with Gasteiger partial charge in [0.05, 0.1) is 17.3 Å². The summed E-state index contributed by atoms with van der Waals surface area (Å²) in [4.78, 5) is 2.22. The predicted molar refractivity (Wildman–Crippen MR) is 135 cm³/mol. The number of hydrogen-bond acceptors (Lipinski definition) is 2. The second-order valence-corrected chi connectivity index (χ2v) is 8.00. The van der Waals surface area contributed by atoms with Gasteiger partial charge in [-0.05, 0) is 63.3 Å². The topological polar surface area (TPSA) is 27.0 Å². The molecule has 0 atom stereocenters. The first-order valence-electron chi connectivity index (χ1n) is 10.6. The standard InChI is InChI=1S/C29H17BN2/c30-26-15-11-20-10-14-25-27(16-12-21-9-13-24(26)28(20)29(21)25)32(22-6-2-1-3-7-22)23-8-4-5-19(17-23)18-31/h1-17H. The van der Waals surface area contributed by atoms with E-state index >= 15 is 0 Å².